The Hall–Kier alpha value is -0.310. The second-order valence-corrected chi connectivity index (χ2v) is 3.39. The number of hydrogen-bond donors (Lipinski definition) is 1. The smallest absolute Gasteiger partial charge is 0.168 e. The lowest BCUT2D eigenvalue weighted by atomic mass is 10.3. The van der Waals surface area contributed by atoms with Gasteiger partial charge in [-0.15, -0.1) is 0 Å². The molecule has 12 heavy (non-hydrogen) atoms. The predicted molar refractivity (Wildman–Crippen MR) is 58.4 cm³/mol. The van der Waals surface area contributed by atoms with Gasteiger partial charge >= 0.3 is 0 Å². The first-order valence-electron chi connectivity index (χ1n) is 4.71. The summed E-state index contributed by atoms with van der Waals surface area (Å²) in [6.45, 7) is 6.37. The lowest BCUT2D eigenvalue weighted by Gasteiger charge is -2.20. The molecule has 0 spiro atoms. The topological polar surface area (TPSA) is 15.3 Å². The molecule has 0 aromatic carbocycles. The minimum absolute atomic E-state index is 0.880. The van der Waals surface area contributed by atoms with Crippen molar-refractivity contribution in [3.63, 3.8) is 0 Å². The molecular weight excluding hydrogens is 168 g/mol. The van der Waals surface area contributed by atoms with E-state index in [1.807, 2.05) is 7.05 Å². The van der Waals surface area contributed by atoms with E-state index in [0.717, 1.165) is 24.6 Å². The van der Waals surface area contributed by atoms with Crippen LogP contribution in [0.25, 0.3) is 0 Å². The summed E-state index contributed by atoms with van der Waals surface area (Å²) >= 11 is 5.17. The lowest BCUT2D eigenvalue weighted by molar-refractivity contribution is 0.475. The number of nitrogens with zero attached hydrogens (tertiary/aromatic N) is 1. The van der Waals surface area contributed by atoms with E-state index in [4.69, 9.17) is 12.2 Å². The van der Waals surface area contributed by atoms with Crippen molar-refractivity contribution in [3.05, 3.63) is 0 Å². The van der Waals surface area contributed by atoms with Crippen molar-refractivity contribution in [1.29, 1.82) is 0 Å². The van der Waals surface area contributed by atoms with Gasteiger partial charge in [-0.1, -0.05) is 20.3 Å². The van der Waals surface area contributed by atoms with E-state index in [-0.39, 0.29) is 0 Å². The van der Waals surface area contributed by atoms with Crippen LogP contribution in [0.1, 0.15) is 33.1 Å². The molecule has 0 amide bonds. The number of hydrogen-bond acceptors (Lipinski definition) is 1. The van der Waals surface area contributed by atoms with E-state index < -0.39 is 0 Å². The maximum Gasteiger partial charge on any atom is 0.168 e. The molecule has 0 atom stereocenters. The largest absolute Gasteiger partial charge is 0.363 e. The fourth-order valence-electron chi connectivity index (χ4n) is 0.864. The zero-order valence-electron chi connectivity index (χ0n) is 8.39. The zero-order chi connectivity index (χ0) is 9.40. The summed E-state index contributed by atoms with van der Waals surface area (Å²) in [5.41, 5.74) is 0. The van der Waals surface area contributed by atoms with Gasteiger partial charge in [-0.3, -0.25) is 0 Å². The fraction of sp³-hybridized carbons (Fsp3) is 0.889. The summed E-state index contributed by atoms with van der Waals surface area (Å²) in [5.74, 6) is 0. The summed E-state index contributed by atoms with van der Waals surface area (Å²) < 4.78 is 0. The van der Waals surface area contributed by atoms with E-state index in [1.165, 1.54) is 12.8 Å². The van der Waals surface area contributed by atoms with Gasteiger partial charge < -0.3 is 10.2 Å². The van der Waals surface area contributed by atoms with Crippen LogP contribution >= 0.6 is 12.2 Å². The van der Waals surface area contributed by atoms with Gasteiger partial charge in [0.15, 0.2) is 5.11 Å². The molecule has 0 fully saturated rings. The average molecular weight is 188 g/mol. The van der Waals surface area contributed by atoms with Crippen LogP contribution < -0.4 is 5.32 Å². The van der Waals surface area contributed by atoms with Crippen molar-refractivity contribution in [2.24, 2.45) is 0 Å². The van der Waals surface area contributed by atoms with Crippen molar-refractivity contribution >= 4 is 17.3 Å². The highest BCUT2D eigenvalue weighted by atomic mass is 32.1. The molecule has 1 N–H and O–H groups in total. The van der Waals surface area contributed by atoms with Crippen molar-refractivity contribution < 1.29 is 0 Å². The van der Waals surface area contributed by atoms with Crippen molar-refractivity contribution in [3.8, 4) is 0 Å². The van der Waals surface area contributed by atoms with E-state index in [2.05, 4.69) is 24.1 Å². The molecule has 0 saturated heterocycles. The van der Waals surface area contributed by atoms with E-state index in [0.29, 0.717) is 0 Å². The Morgan fingerprint density at radius 3 is 2.50 bits per heavy atom. The Kier molecular flexibility index (Phi) is 7.16. The highest BCUT2D eigenvalue weighted by Crippen LogP contribution is 1.92. The Morgan fingerprint density at radius 1 is 1.33 bits per heavy atom. The summed E-state index contributed by atoms with van der Waals surface area (Å²) in [6, 6.07) is 0. The molecule has 3 heteroatoms. The number of unbranched alkanes of at least 4 members (excludes halogenated alkanes) is 1. The first-order chi connectivity index (χ1) is 5.72. The number of rotatable bonds is 5. The van der Waals surface area contributed by atoms with Crippen LogP contribution in [0.3, 0.4) is 0 Å². The Bertz CT molecular complexity index is 126. The Labute approximate surface area is 81.3 Å². The first-order valence-corrected chi connectivity index (χ1v) is 5.12. The minimum Gasteiger partial charge on any atom is -0.363 e. The van der Waals surface area contributed by atoms with Crippen LogP contribution in [0.2, 0.25) is 0 Å². The zero-order valence-corrected chi connectivity index (χ0v) is 9.21. The number of thiocarbonyl (C=S) groups is 1. The Balaban J connectivity index is 3.47. The Morgan fingerprint density at radius 2 is 2.00 bits per heavy atom. The molecule has 0 saturated carbocycles. The maximum absolute atomic E-state index is 5.17. The maximum atomic E-state index is 5.17. The highest BCUT2D eigenvalue weighted by molar-refractivity contribution is 7.80. The highest BCUT2D eigenvalue weighted by Gasteiger charge is 2.00. The van der Waals surface area contributed by atoms with E-state index >= 15 is 0 Å². The molecule has 72 valence electrons. The lowest BCUT2D eigenvalue weighted by Crippen LogP contribution is -2.37. The quantitative estimate of drug-likeness (QED) is 0.664. The van der Waals surface area contributed by atoms with Gasteiger partial charge in [0.2, 0.25) is 0 Å². The normalized spacial score (nSPS) is 9.58. The van der Waals surface area contributed by atoms with E-state index in [9.17, 15) is 0 Å². The molecule has 2 nitrogen and oxygen atoms in total. The van der Waals surface area contributed by atoms with Gasteiger partial charge in [0.25, 0.3) is 0 Å². The third-order valence-corrected chi connectivity index (χ3v) is 2.18. The third-order valence-electron chi connectivity index (χ3n) is 1.72. The molecule has 0 heterocycles. The van der Waals surface area contributed by atoms with Crippen LogP contribution in [-0.2, 0) is 0 Å². The molecule has 0 bridgehead atoms. The SMILES string of the molecule is CCCCN(C)C(=S)NCCC. The number of nitrogens with one attached hydrogen (secondary N) is 1. The molecule has 0 aliphatic rings. The molecule has 0 aliphatic carbocycles. The van der Waals surface area contributed by atoms with Crippen LogP contribution in [-0.4, -0.2) is 30.1 Å². The average Bonchev–Trinajstić information content (AvgIpc) is 2.10. The van der Waals surface area contributed by atoms with Gasteiger partial charge in [0, 0.05) is 20.1 Å². The van der Waals surface area contributed by atoms with Gasteiger partial charge in [-0.05, 0) is 25.1 Å². The summed E-state index contributed by atoms with van der Waals surface area (Å²) in [6.07, 6.45) is 3.56. The predicted octanol–water partition coefficient (Wildman–Crippen LogP) is 2.00. The molecular formula is C9H20N2S. The second kappa shape index (κ2) is 7.35. The monoisotopic (exact) mass is 188 g/mol. The van der Waals surface area contributed by atoms with Gasteiger partial charge in [-0.25, -0.2) is 0 Å². The summed E-state index contributed by atoms with van der Waals surface area (Å²) in [7, 11) is 2.04. The molecule has 0 aromatic rings. The first kappa shape index (κ1) is 11.7. The molecule has 0 radical (unpaired) electrons. The molecule has 0 rings (SSSR count). The van der Waals surface area contributed by atoms with Gasteiger partial charge in [0.1, 0.15) is 0 Å². The van der Waals surface area contributed by atoms with Crippen LogP contribution in [0, 0.1) is 0 Å². The summed E-state index contributed by atoms with van der Waals surface area (Å²) in [4.78, 5) is 2.11. The summed E-state index contributed by atoms with van der Waals surface area (Å²) in [5, 5.41) is 4.08. The van der Waals surface area contributed by atoms with Crippen LogP contribution in [0.4, 0.5) is 0 Å². The fourth-order valence-corrected chi connectivity index (χ4v) is 1.06. The third kappa shape index (κ3) is 5.35. The van der Waals surface area contributed by atoms with Crippen LogP contribution in [0.5, 0.6) is 0 Å². The molecule has 0 unspecified atom stereocenters. The van der Waals surface area contributed by atoms with Crippen molar-refractivity contribution in [1.82, 2.24) is 10.2 Å². The molecule has 0 aliphatic heterocycles. The standard InChI is InChI=1S/C9H20N2S/c1-4-6-8-11(3)9(12)10-7-5-2/h4-8H2,1-3H3,(H,10,12). The second-order valence-electron chi connectivity index (χ2n) is 3.01. The van der Waals surface area contributed by atoms with Crippen LogP contribution in [0.15, 0.2) is 0 Å². The van der Waals surface area contributed by atoms with Crippen molar-refractivity contribution in [2.75, 3.05) is 20.1 Å². The molecule has 0 aromatic heterocycles. The van der Waals surface area contributed by atoms with Gasteiger partial charge in [-0.2, -0.15) is 0 Å². The van der Waals surface area contributed by atoms with E-state index in [1.54, 1.807) is 0 Å². The van der Waals surface area contributed by atoms with Crippen molar-refractivity contribution in [2.45, 2.75) is 33.1 Å². The minimum atomic E-state index is 0.880. The van der Waals surface area contributed by atoms with Gasteiger partial charge in [0.05, 0.1) is 0 Å².